The largest absolute Gasteiger partial charge is 0.396 e. The highest BCUT2D eigenvalue weighted by Gasteiger charge is 2.28. The molecule has 0 rings (SSSR count). The summed E-state index contributed by atoms with van der Waals surface area (Å²) in [7, 11) is 0. The molecule has 0 saturated carbocycles. The lowest BCUT2D eigenvalue weighted by molar-refractivity contribution is -0.132. The number of aliphatic hydroxyl groups is 1. The van der Waals surface area contributed by atoms with Gasteiger partial charge in [0.2, 0.25) is 0 Å². The molecular weight excluding hydrogens is 176 g/mol. The summed E-state index contributed by atoms with van der Waals surface area (Å²) in [5.41, 5.74) is -0.329. The summed E-state index contributed by atoms with van der Waals surface area (Å²) in [6.07, 6.45) is 1.82. The fourth-order valence-corrected chi connectivity index (χ4v) is 1.45. The topological polar surface area (TPSA) is 37.3 Å². The zero-order valence-electron chi connectivity index (χ0n) is 10.1. The predicted octanol–water partition coefficient (Wildman–Crippen LogP) is 2.65. The van der Waals surface area contributed by atoms with Crippen molar-refractivity contribution in [1.82, 2.24) is 0 Å². The second kappa shape index (κ2) is 5.50. The van der Waals surface area contributed by atoms with Gasteiger partial charge < -0.3 is 5.11 Å². The molecule has 0 heterocycles. The number of carbonyl (C=O) groups excluding carboxylic acids is 1. The van der Waals surface area contributed by atoms with E-state index in [-0.39, 0.29) is 23.7 Å². The van der Waals surface area contributed by atoms with E-state index in [2.05, 4.69) is 13.8 Å². The molecule has 0 bridgehead atoms. The molecule has 0 saturated heterocycles. The molecular formula is C12H24O2. The van der Waals surface area contributed by atoms with Crippen LogP contribution in [0.1, 0.15) is 47.5 Å². The second-order valence-corrected chi connectivity index (χ2v) is 5.46. The second-order valence-electron chi connectivity index (χ2n) is 5.46. The van der Waals surface area contributed by atoms with Crippen LogP contribution in [0.25, 0.3) is 0 Å². The van der Waals surface area contributed by atoms with E-state index in [4.69, 9.17) is 5.11 Å². The summed E-state index contributed by atoms with van der Waals surface area (Å²) in [6, 6.07) is 0. The number of aliphatic hydroxyl groups excluding tert-OH is 1. The molecule has 14 heavy (non-hydrogen) atoms. The molecule has 0 aliphatic rings. The van der Waals surface area contributed by atoms with Crippen molar-refractivity contribution in [2.45, 2.75) is 47.5 Å². The number of hydrogen-bond acceptors (Lipinski definition) is 2. The van der Waals surface area contributed by atoms with E-state index in [1.165, 1.54) is 0 Å². The van der Waals surface area contributed by atoms with Crippen molar-refractivity contribution in [1.29, 1.82) is 0 Å². The summed E-state index contributed by atoms with van der Waals surface area (Å²) >= 11 is 0. The average Bonchev–Trinajstić information content (AvgIpc) is 2.03. The quantitative estimate of drug-likeness (QED) is 0.740. The highest BCUT2D eigenvalue weighted by molar-refractivity contribution is 5.86. The highest BCUT2D eigenvalue weighted by atomic mass is 16.3. The van der Waals surface area contributed by atoms with Crippen LogP contribution in [-0.4, -0.2) is 17.5 Å². The van der Waals surface area contributed by atoms with Crippen molar-refractivity contribution in [3.8, 4) is 0 Å². The van der Waals surface area contributed by atoms with Gasteiger partial charge >= 0.3 is 0 Å². The van der Waals surface area contributed by atoms with Crippen molar-refractivity contribution in [3.63, 3.8) is 0 Å². The molecule has 1 N–H and O–H groups in total. The predicted molar refractivity (Wildman–Crippen MR) is 59.1 cm³/mol. The first-order chi connectivity index (χ1) is 6.29. The highest BCUT2D eigenvalue weighted by Crippen LogP contribution is 2.24. The first-order valence-corrected chi connectivity index (χ1v) is 5.44. The van der Waals surface area contributed by atoms with Crippen LogP contribution in [0.4, 0.5) is 0 Å². The van der Waals surface area contributed by atoms with Gasteiger partial charge in [-0.15, -0.1) is 0 Å². The summed E-state index contributed by atoms with van der Waals surface area (Å²) in [5, 5.41) is 9.15. The van der Waals surface area contributed by atoms with Crippen molar-refractivity contribution < 1.29 is 9.90 Å². The summed E-state index contributed by atoms with van der Waals surface area (Å²) in [6.45, 7) is 9.99. The van der Waals surface area contributed by atoms with Crippen molar-refractivity contribution in [3.05, 3.63) is 0 Å². The minimum absolute atomic E-state index is 0.0111. The van der Waals surface area contributed by atoms with Crippen LogP contribution in [0.3, 0.4) is 0 Å². The number of Topliss-reactive ketones (excluding diaryl/α,β-unsaturated/α-hetero) is 1. The third-order valence-electron chi connectivity index (χ3n) is 2.42. The Bertz CT molecular complexity index is 177. The van der Waals surface area contributed by atoms with Gasteiger partial charge in [0.1, 0.15) is 5.78 Å². The van der Waals surface area contributed by atoms with Crippen molar-refractivity contribution >= 4 is 5.78 Å². The van der Waals surface area contributed by atoms with Crippen LogP contribution < -0.4 is 0 Å². The lowest BCUT2D eigenvalue weighted by atomic mass is 9.81. The molecule has 0 aromatic heterocycles. The molecule has 0 aliphatic carbocycles. The Balaban J connectivity index is 4.21. The molecule has 2 nitrogen and oxygen atoms in total. The van der Waals surface area contributed by atoms with Crippen LogP contribution in [0.2, 0.25) is 0 Å². The van der Waals surface area contributed by atoms with Crippen molar-refractivity contribution in [2.75, 3.05) is 6.61 Å². The Morgan fingerprint density at radius 3 is 2.00 bits per heavy atom. The van der Waals surface area contributed by atoms with E-state index in [0.29, 0.717) is 5.92 Å². The van der Waals surface area contributed by atoms with Gasteiger partial charge in [0.25, 0.3) is 0 Å². The first kappa shape index (κ1) is 13.6. The number of rotatable bonds is 5. The third-order valence-corrected chi connectivity index (χ3v) is 2.42. The van der Waals surface area contributed by atoms with Gasteiger partial charge in [0.05, 0.1) is 6.61 Å². The number of ketones is 1. The zero-order valence-corrected chi connectivity index (χ0v) is 10.1. The molecule has 1 atom stereocenters. The van der Waals surface area contributed by atoms with Gasteiger partial charge in [-0.2, -0.15) is 0 Å². The van der Waals surface area contributed by atoms with E-state index >= 15 is 0 Å². The maximum atomic E-state index is 11.8. The minimum atomic E-state index is -0.329. The van der Waals surface area contributed by atoms with Gasteiger partial charge in [-0.05, 0) is 12.3 Å². The van der Waals surface area contributed by atoms with E-state index in [1.807, 2.05) is 20.8 Å². The molecule has 84 valence electrons. The zero-order chi connectivity index (χ0) is 11.4. The Kier molecular flexibility index (Phi) is 5.35. The van der Waals surface area contributed by atoms with Gasteiger partial charge in [0, 0.05) is 11.3 Å². The monoisotopic (exact) mass is 200 g/mol. The maximum absolute atomic E-state index is 11.8. The molecule has 0 radical (unpaired) electrons. The molecule has 2 heteroatoms. The molecule has 0 amide bonds. The van der Waals surface area contributed by atoms with Gasteiger partial charge in [-0.3, -0.25) is 4.79 Å². The number of carbonyl (C=O) groups is 1. The van der Waals surface area contributed by atoms with Crippen LogP contribution in [0.15, 0.2) is 0 Å². The fraction of sp³-hybridized carbons (Fsp3) is 0.917. The summed E-state index contributed by atoms with van der Waals surface area (Å²) in [5.74, 6) is 0.606. The summed E-state index contributed by atoms with van der Waals surface area (Å²) in [4.78, 5) is 11.8. The van der Waals surface area contributed by atoms with Gasteiger partial charge in [-0.1, -0.05) is 41.0 Å². The Hall–Kier alpha value is -0.370. The van der Waals surface area contributed by atoms with Crippen molar-refractivity contribution in [2.24, 2.45) is 17.3 Å². The Morgan fingerprint density at radius 1 is 1.21 bits per heavy atom. The number of hydrogen-bond donors (Lipinski definition) is 1. The summed E-state index contributed by atoms with van der Waals surface area (Å²) < 4.78 is 0. The minimum Gasteiger partial charge on any atom is -0.396 e. The smallest absolute Gasteiger partial charge is 0.143 e. The van der Waals surface area contributed by atoms with Gasteiger partial charge in [0.15, 0.2) is 0 Å². The van der Waals surface area contributed by atoms with E-state index in [1.54, 1.807) is 0 Å². The molecule has 0 spiro atoms. The van der Waals surface area contributed by atoms with E-state index < -0.39 is 0 Å². The molecule has 0 aromatic carbocycles. The molecule has 0 unspecified atom stereocenters. The third kappa shape index (κ3) is 4.75. The molecule has 0 aromatic rings. The SMILES string of the molecule is CC(C)CC[C@H](CO)C(=O)C(C)(C)C. The average molecular weight is 200 g/mol. The first-order valence-electron chi connectivity index (χ1n) is 5.44. The Labute approximate surface area is 87.7 Å². The van der Waals surface area contributed by atoms with Gasteiger partial charge in [-0.25, -0.2) is 0 Å². The van der Waals surface area contributed by atoms with Crippen LogP contribution >= 0.6 is 0 Å². The normalized spacial score (nSPS) is 14.5. The Morgan fingerprint density at radius 2 is 1.71 bits per heavy atom. The fourth-order valence-electron chi connectivity index (χ4n) is 1.45. The standard InChI is InChI=1S/C12H24O2/c1-9(2)6-7-10(8-13)11(14)12(3,4)5/h9-10,13H,6-8H2,1-5H3/t10-/m1/s1. The van der Waals surface area contributed by atoms with Crippen LogP contribution in [-0.2, 0) is 4.79 Å². The lowest BCUT2D eigenvalue weighted by Crippen LogP contribution is -2.30. The molecule has 0 fully saturated rings. The van der Waals surface area contributed by atoms with E-state index in [0.717, 1.165) is 12.8 Å². The van der Waals surface area contributed by atoms with Crippen LogP contribution in [0.5, 0.6) is 0 Å². The lowest BCUT2D eigenvalue weighted by Gasteiger charge is -2.23. The van der Waals surface area contributed by atoms with Crippen LogP contribution in [0, 0.1) is 17.3 Å². The molecule has 0 aliphatic heterocycles. The van der Waals surface area contributed by atoms with E-state index in [9.17, 15) is 4.79 Å². The maximum Gasteiger partial charge on any atom is 0.143 e.